The quantitative estimate of drug-likeness (QED) is 0.513. The van der Waals surface area contributed by atoms with Crippen LogP contribution in [0.15, 0.2) is 72.6 Å². The van der Waals surface area contributed by atoms with Gasteiger partial charge in [0.25, 0.3) is 0 Å². The van der Waals surface area contributed by atoms with Crippen molar-refractivity contribution in [1.82, 2.24) is 29.7 Å². The summed E-state index contributed by atoms with van der Waals surface area (Å²) in [6.07, 6.45) is 5.05. The number of aromatic nitrogens is 6. The highest BCUT2D eigenvalue weighted by molar-refractivity contribution is 7.14. The SMILES string of the molecule is c1ccc(-n2ncc3c(Nc4nc(-c5ccccn5)cs4)ncnc32)cc1. The van der Waals surface area contributed by atoms with Crippen LogP contribution < -0.4 is 5.32 Å². The fourth-order valence-corrected chi connectivity index (χ4v) is 3.47. The van der Waals surface area contributed by atoms with Crippen LogP contribution in [-0.2, 0) is 0 Å². The van der Waals surface area contributed by atoms with Gasteiger partial charge in [-0.25, -0.2) is 19.6 Å². The summed E-state index contributed by atoms with van der Waals surface area (Å²) in [6, 6.07) is 15.7. The molecule has 27 heavy (non-hydrogen) atoms. The first-order valence-corrected chi connectivity index (χ1v) is 9.14. The molecule has 0 saturated heterocycles. The van der Waals surface area contributed by atoms with Crippen LogP contribution in [0.5, 0.6) is 0 Å². The predicted octanol–water partition coefficient (Wildman–Crippen LogP) is 4.08. The third-order valence-electron chi connectivity index (χ3n) is 4.02. The van der Waals surface area contributed by atoms with Crippen LogP contribution >= 0.6 is 11.3 Å². The largest absolute Gasteiger partial charge is 0.315 e. The first-order valence-electron chi connectivity index (χ1n) is 8.26. The summed E-state index contributed by atoms with van der Waals surface area (Å²) in [5.41, 5.74) is 3.35. The molecular weight excluding hydrogens is 358 g/mol. The van der Waals surface area contributed by atoms with Gasteiger partial charge in [0.15, 0.2) is 10.8 Å². The lowest BCUT2D eigenvalue weighted by Gasteiger charge is -2.04. The van der Waals surface area contributed by atoms with E-state index in [0.717, 1.165) is 33.2 Å². The summed E-state index contributed by atoms with van der Waals surface area (Å²) in [7, 11) is 0. The number of rotatable bonds is 4. The number of hydrogen-bond donors (Lipinski definition) is 1. The molecule has 0 atom stereocenters. The molecule has 1 aromatic carbocycles. The second kappa shape index (κ2) is 6.58. The molecule has 5 aromatic rings. The molecule has 0 unspecified atom stereocenters. The summed E-state index contributed by atoms with van der Waals surface area (Å²) in [6.45, 7) is 0. The van der Waals surface area contributed by atoms with Crippen LogP contribution in [0.25, 0.3) is 28.1 Å². The first-order chi connectivity index (χ1) is 13.4. The third-order valence-corrected chi connectivity index (χ3v) is 4.78. The zero-order valence-corrected chi connectivity index (χ0v) is 14.8. The van der Waals surface area contributed by atoms with Crippen molar-refractivity contribution in [2.75, 3.05) is 5.32 Å². The Morgan fingerprint density at radius 1 is 0.889 bits per heavy atom. The Hall–Kier alpha value is -3.65. The zero-order chi connectivity index (χ0) is 18.1. The van der Waals surface area contributed by atoms with Gasteiger partial charge in [0.1, 0.15) is 17.8 Å². The Labute approximate surface area is 158 Å². The molecule has 1 N–H and O–H groups in total. The van der Waals surface area contributed by atoms with Crippen LogP contribution in [0.4, 0.5) is 10.9 Å². The minimum Gasteiger partial charge on any atom is -0.315 e. The maximum Gasteiger partial charge on any atom is 0.188 e. The minimum absolute atomic E-state index is 0.670. The summed E-state index contributed by atoms with van der Waals surface area (Å²) >= 11 is 1.50. The third kappa shape index (κ3) is 2.91. The molecule has 7 nitrogen and oxygen atoms in total. The van der Waals surface area contributed by atoms with E-state index < -0.39 is 0 Å². The average molecular weight is 371 g/mol. The lowest BCUT2D eigenvalue weighted by atomic mass is 10.3. The molecule has 0 fully saturated rings. The Morgan fingerprint density at radius 2 is 1.78 bits per heavy atom. The van der Waals surface area contributed by atoms with Gasteiger partial charge in [-0.3, -0.25) is 4.98 Å². The summed E-state index contributed by atoms with van der Waals surface area (Å²) in [4.78, 5) is 17.7. The van der Waals surface area contributed by atoms with E-state index in [2.05, 4.69) is 30.4 Å². The van der Waals surface area contributed by atoms with Crippen molar-refractivity contribution in [1.29, 1.82) is 0 Å². The van der Waals surface area contributed by atoms with Crippen molar-refractivity contribution in [3.63, 3.8) is 0 Å². The number of hydrogen-bond acceptors (Lipinski definition) is 7. The van der Waals surface area contributed by atoms with Gasteiger partial charge in [-0.15, -0.1) is 11.3 Å². The highest BCUT2D eigenvalue weighted by Gasteiger charge is 2.13. The molecule has 4 aromatic heterocycles. The highest BCUT2D eigenvalue weighted by atomic mass is 32.1. The zero-order valence-electron chi connectivity index (χ0n) is 14.0. The first kappa shape index (κ1) is 15.6. The van der Waals surface area contributed by atoms with Gasteiger partial charge < -0.3 is 5.32 Å². The van der Waals surface area contributed by atoms with Gasteiger partial charge in [-0.05, 0) is 24.3 Å². The number of nitrogens with zero attached hydrogens (tertiary/aromatic N) is 6. The van der Waals surface area contributed by atoms with Crippen molar-refractivity contribution < 1.29 is 0 Å². The number of fused-ring (bicyclic) bond motifs is 1. The van der Waals surface area contributed by atoms with Crippen LogP contribution in [0.3, 0.4) is 0 Å². The Kier molecular flexibility index (Phi) is 3.80. The standard InChI is InChI=1S/C19H13N7S/c1-2-6-13(7-3-1)26-18-14(10-23-26)17(21-12-22-18)25-19-24-16(11-27-19)15-8-4-5-9-20-15/h1-12H,(H,21,22,24,25). The van der Waals surface area contributed by atoms with Gasteiger partial charge in [-0.1, -0.05) is 24.3 Å². The molecule has 4 heterocycles. The molecule has 0 aliphatic rings. The fourth-order valence-electron chi connectivity index (χ4n) is 2.77. The van der Waals surface area contributed by atoms with Crippen molar-refractivity contribution in [2.45, 2.75) is 0 Å². The molecule has 0 radical (unpaired) electrons. The van der Waals surface area contributed by atoms with E-state index in [1.165, 1.54) is 17.7 Å². The van der Waals surface area contributed by atoms with Crippen LogP contribution in [0.1, 0.15) is 0 Å². The van der Waals surface area contributed by atoms with Gasteiger partial charge >= 0.3 is 0 Å². The van der Waals surface area contributed by atoms with E-state index in [1.807, 2.05) is 53.9 Å². The predicted molar refractivity (Wildman–Crippen MR) is 105 cm³/mol. The second-order valence-electron chi connectivity index (χ2n) is 5.73. The summed E-state index contributed by atoms with van der Waals surface area (Å²) in [5, 5.41) is 11.3. The number of thiazole rings is 1. The monoisotopic (exact) mass is 371 g/mol. The Morgan fingerprint density at radius 3 is 2.63 bits per heavy atom. The van der Waals surface area contributed by atoms with Crippen molar-refractivity contribution >= 4 is 33.3 Å². The van der Waals surface area contributed by atoms with E-state index in [0.29, 0.717) is 5.82 Å². The van der Waals surface area contributed by atoms with E-state index in [9.17, 15) is 0 Å². The number of para-hydroxylation sites is 1. The van der Waals surface area contributed by atoms with Crippen molar-refractivity contribution in [3.8, 4) is 17.1 Å². The van der Waals surface area contributed by atoms with Gasteiger partial charge in [-0.2, -0.15) is 5.10 Å². The highest BCUT2D eigenvalue weighted by Crippen LogP contribution is 2.28. The van der Waals surface area contributed by atoms with Gasteiger partial charge in [0, 0.05) is 11.6 Å². The fraction of sp³-hybridized carbons (Fsp3) is 0. The topological polar surface area (TPSA) is 81.4 Å². The van der Waals surface area contributed by atoms with Gasteiger partial charge in [0.05, 0.1) is 23.0 Å². The molecule has 0 amide bonds. The molecule has 0 aliphatic carbocycles. The van der Waals surface area contributed by atoms with E-state index in [-0.39, 0.29) is 0 Å². The summed E-state index contributed by atoms with van der Waals surface area (Å²) in [5.74, 6) is 0.670. The minimum atomic E-state index is 0.670. The van der Waals surface area contributed by atoms with E-state index >= 15 is 0 Å². The number of anilines is 2. The van der Waals surface area contributed by atoms with E-state index in [4.69, 9.17) is 0 Å². The Bertz CT molecular complexity index is 1200. The van der Waals surface area contributed by atoms with Gasteiger partial charge in [0.2, 0.25) is 0 Å². The van der Waals surface area contributed by atoms with Crippen LogP contribution in [0.2, 0.25) is 0 Å². The molecule has 5 rings (SSSR count). The van der Waals surface area contributed by atoms with Crippen molar-refractivity contribution in [3.05, 3.63) is 72.6 Å². The van der Waals surface area contributed by atoms with Crippen LogP contribution in [-0.4, -0.2) is 29.7 Å². The molecular formula is C19H13N7S. The molecule has 0 bridgehead atoms. The van der Waals surface area contributed by atoms with E-state index in [1.54, 1.807) is 17.1 Å². The summed E-state index contributed by atoms with van der Waals surface area (Å²) < 4.78 is 1.80. The normalized spacial score (nSPS) is 11.0. The van der Waals surface area contributed by atoms with Crippen molar-refractivity contribution in [2.24, 2.45) is 0 Å². The number of benzene rings is 1. The maximum absolute atomic E-state index is 4.60. The molecule has 130 valence electrons. The lowest BCUT2D eigenvalue weighted by molar-refractivity contribution is 0.895. The maximum atomic E-state index is 4.60. The molecule has 0 saturated carbocycles. The number of pyridine rings is 1. The van der Waals surface area contributed by atoms with Crippen LogP contribution in [0, 0.1) is 0 Å². The molecule has 8 heteroatoms. The lowest BCUT2D eigenvalue weighted by Crippen LogP contribution is -1.99. The second-order valence-corrected chi connectivity index (χ2v) is 6.59. The molecule has 0 spiro atoms. The average Bonchev–Trinajstić information content (AvgIpc) is 3.37. The number of nitrogens with one attached hydrogen (secondary N) is 1. The Balaban J connectivity index is 1.50. The smallest absolute Gasteiger partial charge is 0.188 e. The molecule has 0 aliphatic heterocycles.